The van der Waals surface area contributed by atoms with Gasteiger partial charge in [0, 0.05) is 13.7 Å². The van der Waals surface area contributed by atoms with E-state index < -0.39 is 12.6 Å². The molecule has 1 aliphatic heterocycles. The van der Waals surface area contributed by atoms with E-state index in [0.717, 1.165) is 0 Å². The van der Waals surface area contributed by atoms with Gasteiger partial charge in [0.1, 0.15) is 0 Å². The maximum absolute atomic E-state index is 12.4. The van der Waals surface area contributed by atoms with Gasteiger partial charge in [-0.2, -0.15) is 0 Å². The summed E-state index contributed by atoms with van der Waals surface area (Å²) in [6, 6.07) is 0. The number of alkyl halides is 1. The first-order valence-corrected chi connectivity index (χ1v) is 2.86. The number of morpholine rings is 1. The third kappa shape index (κ3) is 1.61. The molecule has 2 atom stereocenters. The van der Waals surface area contributed by atoms with E-state index in [1.807, 2.05) is 0 Å². The van der Waals surface area contributed by atoms with Gasteiger partial charge in [-0.25, -0.2) is 4.39 Å². The summed E-state index contributed by atoms with van der Waals surface area (Å²) >= 11 is 0. The van der Waals surface area contributed by atoms with Crippen molar-refractivity contribution < 1.29 is 13.9 Å². The zero-order valence-electron chi connectivity index (χ0n) is 5.26. The second-order valence-corrected chi connectivity index (χ2v) is 1.83. The highest BCUT2D eigenvalue weighted by Crippen LogP contribution is 2.05. The first-order chi connectivity index (χ1) is 4.34. The largest absolute Gasteiger partial charge is 0.361 e. The van der Waals surface area contributed by atoms with Gasteiger partial charge in [0.15, 0.2) is 6.23 Å². The summed E-state index contributed by atoms with van der Waals surface area (Å²) in [7, 11) is 1.44. The van der Waals surface area contributed by atoms with Crippen LogP contribution >= 0.6 is 0 Å². The van der Waals surface area contributed by atoms with Crippen LogP contribution in [0.4, 0.5) is 4.39 Å². The molecule has 1 aliphatic rings. The van der Waals surface area contributed by atoms with Crippen LogP contribution in [0.15, 0.2) is 0 Å². The summed E-state index contributed by atoms with van der Waals surface area (Å²) in [5, 5.41) is 2.80. The van der Waals surface area contributed by atoms with E-state index in [9.17, 15) is 4.39 Å². The Kier molecular flexibility index (Phi) is 2.38. The highest BCUT2D eigenvalue weighted by molar-refractivity contribution is 4.63. The number of hydrogen-bond donors (Lipinski definition) is 1. The van der Waals surface area contributed by atoms with Gasteiger partial charge < -0.3 is 9.47 Å². The topological polar surface area (TPSA) is 30.5 Å². The molecule has 0 spiro atoms. The van der Waals surface area contributed by atoms with Gasteiger partial charge >= 0.3 is 0 Å². The predicted octanol–water partition coefficient (Wildman–Crippen LogP) is -0.126. The molecule has 0 amide bonds. The maximum Gasteiger partial charge on any atom is 0.238 e. The third-order valence-corrected chi connectivity index (χ3v) is 1.22. The SMILES string of the molecule is COC1NCCOC1F. The van der Waals surface area contributed by atoms with E-state index in [2.05, 4.69) is 10.1 Å². The molecule has 0 aromatic carbocycles. The highest BCUT2D eigenvalue weighted by atomic mass is 19.1. The summed E-state index contributed by atoms with van der Waals surface area (Å²) < 4.78 is 21.8. The monoisotopic (exact) mass is 135 g/mol. The lowest BCUT2D eigenvalue weighted by Gasteiger charge is -2.25. The summed E-state index contributed by atoms with van der Waals surface area (Å²) in [4.78, 5) is 0. The molecule has 1 heterocycles. The molecule has 0 aromatic heterocycles. The van der Waals surface area contributed by atoms with E-state index in [4.69, 9.17) is 4.74 Å². The normalized spacial score (nSPS) is 36.7. The molecule has 1 rings (SSSR count). The van der Waals surface area contributed by atoms with Gasteiger partial charge in [-0.3, -0.25) is 5.32 Å². The second kappa shape index (κ2) is 3.10. The lowest BCUT2D eigenvalue weighted by atomic mass is 10.4. The fraction of sp³-hybridized carbons (Fsp3) is 1.00. The fourth-order valence-electron chi connectivity index (χ4n) is 0.743. The predicted molar refractivity (Wildman–Crippen MR) is 29.6 cm³/mol. The summed E-state index contributed by atoms with van der Waals surface area (Å²) in [6.45, 7) is 1.07. The summed E-state index contributed by atoms with van der Waals surface area (Å²) in [6.07, 6.45) is -1.90. The molecular weight excluding hydrogens is 125 g/mol. The van der Waals surface area contributed by atoms with Crippen LogP contribution < -0.4 is 5.32 Å². The Morgan fingerprint density at radius 3 is 3.00 bits per heavy atom. The van der Waals surface area contributed by atoms with Crippen LogP contribution in [0, 0.1) is 0 Å². The quantitative estimate of drug-likeness (QED) is 0.543. The average molecular weight is 135 g/mol. The van der Waals surface area contributed by atoms with E-state index in [1.54, 1.807) is 0 Å². The minimum atomic E-state index is -1.32. The number of nitrogens with one attached hydrogen (secondary N) is 1. The highest BCUT2D eigenvalue weighted by Gasteiger charge is 2.23. The molecule has 1 saturated heterocycles. The molecule has 1 fully saturated rings. The Hall–Kier alpha value is -0.190. The Balaban J connectivity index is 2.30. The smallest absolute Gasteiger partial charge is 0.238 e. The molecule has 0 saturated carbocycles. The Morgan fingerprint density at radius 1 is 1.78 bits per heavy atom. The van der Waals surface area contributed by atoms with Crippen LogP contribution in [0.25, 0.3) is 0 Å². The van der Waals surface area contributed by atoms with Crippen molar-refractivity contribution in [1.82, 2.24) is 5.32 Å². The third-order valence-electron chi connectivity index (χ3n) is 1.22. The molecule has 0 bridgehead atoms. The molecule has 2 unspecified atom stereocenters. The summed E-state index contributed by atoms with van der Waals surface area (Å²) in [5.74, 6) is 0. The second-order valence-electron chi connectivity index (χ2n) is 1.83. The van der Waals surface area contributed by atoms with Crippen LogP contribution in [-0.4, -0.2) is 32.8 Å². The number of rotatable bonds is 1. The molecule has 1 N–H and O–H groups in total. The van der Waals surface area contributed by atoms with E-state index in [1.165, 1.54) is 7.11 Å². The Bertz CT molecular complexity index is 91.0. The van der Waals surface area contributed by atoms with E-state index in [-0.39, 0.29) is 0 Å². The lowest BCUT2D eigenvalue weighted by Crippen LogP contribution is -2.47. The van der Waals surface area contributed by atoms with Gasteiger partial charge in [0.05, 0.1) is 6.61 Å². The van der Waals surface area contributed by atoms with Crippen molar-refractivity contribution in [1.29, 1.82) is 0 Å². The van der Waals surface area contributed by atoms with Crippen LogP contribution in [0.5, 0.6) is 0 Å². The molecule has 9 heavy (non-hydrogen) atoms. The first kappa shape index (κ1) is 6.92. The van der Waals surface area contributed by atoms with Crippen molar-refractivity contribution >= 4 is 0 Å². The van der Waals surface area contributed by atoms with Crippen molar-refractivity contribution in [3.8, 4) is 0 Å². The fourth-order valence-corrected chi connectivity index (χ4v) is 0.743. The van der Waals surface area contributed by atoms with Crippen molar-refractivity contribution in [3.05, 3.63) is 0 Å². The molecule has 3 nitrogen and oxygen atoms in total. The Labute approximate surface area is 53.1 Å². The first-order valence-electron chi connectivity index (χ1n) is 2.86. The zero-order valence-corrected chi connectivity index (χ0v) is 5.26. The van der Waals surface area contributed by atoms with Gasteiger partial charge in [0.25, 0.3) is 0 Å². The van der Waals surface area contributed by atoms with Crippen LogP contribution in [0.1, 0.15) is 0 Å². The van der Waals surface area contributed by atoms with Crippen LogP contribution in [-0.2, 0) is 9.47 Å². The van der Waals surface area contributed by atoms with E-state index in [0.29, 0.717) is 13.2 Å². The molecule has 0 aliphatic carbocycles. The minimum absolute atomic E-state index is 0.418. The zero-order chi connectivity index (χ0) is 6.69. The van der Waals surface area contributed by atoms with Gasteiger partial charge in [-0.05, 0) is 0 Å². The van der Waals surface area contributed by atoms with Crippen molar-refractivity contribution in [2.24, 2.45) is 0 Å². The number of halogens is 1. The van der Waals surface area contributed by atoms with Crippen molar-refractivity contribution in [2.45, 2.75) is 12.6 Å². The average Bonchev–Trinajstić information content (AvgIpc) is 1.89. The van der Waals surface area contributed by atoms with Gasteiger partial charge in [-0.15, -0.1) is 0 Å². The van der Waals surface area contributed by atoms with Crippen molar-refractivity contribution in [3.63, 3.8) is 0 Å². The molecular formula is C5H10FNO2. The van der Waals surface area contributed by atoms with Gasteiger partial charge in [0.2, 0.25) is 6.36 Å². The molecule has 0 radical (unpaired) electrons. The molecule has 4 heteroatoms. The Morgan fingerprint density at radius 2 is 2.56 bits per heavy atom. The minimum Gasteiger partial charge on any atom is -0.361 e. The number of ether oxygens (including phenoxy) is 2. The van der Waals surface area contributed by atoms with Crippen LogP contribution in [0.3, 0.4) is 0 Å². The van der Waals surface area contributed by atoms with E-state index >= 15 is 0 Å². The van der Waals surface area contributed by atoms with Gasteiger partial charge in [-0.1, -0.05) is 0 Å². The van der Waals surface area contributed by atoms with Crippen LogP contribution in [0.2, 0.25) is 0 Å². The maximum atomic E-state index is 12.4. The lowest BCUT2D eigenvalue weighted by molar-refractivity contribution is -0.160. The standard InChI is InChI=1S/C5H10FNO2/c1-8-5-4(6)9-3-2-7-5/h4-5,7H,2-3H2,1H3. The molecule has 54 valence electrons. The number of methoxy groups -OCH3 is 1. The van der Waals surface area contributed by atoms with Crippen molar-refractivity contribution in [2.75, 3.05) is 20.3 Å². The summed E-state index contributed by atoms with van der Waals surface area (Å²) in [5.41, 5.74) is 0. The number of hydrogen-bond acceptors (Lipinski definition) is 3. The molecule has 0 aromatic rings.